The van der Waals surface area contributed by atoms with E-state index in [4.69, 9.17) is 0 Å². The minimum Gasteiger partial charge on any atom is -0.312 e. The van der Waals surface area contributed by atoms with Crippen LogP contribution in [0.3, 0.4) is 0 Å². The van der Waals surface area contributed by atoms with Crippen LogP contribution in [0.1, 0.15) is 22.7 Å². The van der Waals surface area contributed by atoms with Gasteiger partial charge in [-0.25, -0.2) is 0 Å². The van der Waals surface area contributed by atoms with Crippen LogP contribution in [0.5, 0.6) is 0 Å². The Morgan fingerprint density at radius 3 is 2.79 bits per heavy atom. The molecule has 1 aromatic carbocycles. The molecule has 0 aliphatic heterocycles. The van der Waals surface area contributed by atoms with Gasteiger partial charge in [-0.05, 0) is 32.0 Å². The zero-order chi connectivity index (χ0) is 13.8. The molecule has 0 amide bonds. The molecule has 1 N–H and O–H groups in total. The van der Waals surface area contributed by atoms with Crippen LogP contribution in [-0.2, 0) is 7.05 Å². The first-order valence-electron chi connectivity index (χ1n) is 6.33. The largest absolute Gasteiger partial charge is 0.312 e. The van der Waals surface area contributed by atoms with Gasteiger partial charge < -0.3 is 9.88 Å². The third kappa shape index (κ3) is 3.36. The SMILES string of the molecule is CNC(CSc1nncn1C)c1cc(C)ccc1C. The molecular weight excluding hydrogens is 256 g/mol. The molecule has 2 aromatic rings. The molecule has 0 spiro atoms. The minimum atomic E-state index is 0.321. The van der Waals surface area contributed by atoms with E-state index in [0.717, 1.165) is 10.9 Å². The normalized spacial score (nSPS) is 12.6. The minimum absolute atomic E-state index is 0.321. The maximum Gasteiger partial charge on any atom is 0.190 e. The highest BCUT2D eigenvalue weighted by Gasteiger charge is 2.14. The molecule has 0 aliphatic carbocycles. The van der Waals surface area contributed by atoms with Crippen LogP contribution >= 0.6 is 11.8 Å². The molecule has 102 valence electrons. The molecule has 0 fully saturated rings. The van der Waals surface area contributed by atoms with Crippen LogP contribution in [0.25, 0.3) is 0 Å². The van der Waals surface area contributed by atoms with E-state index in [2.05, 4.69) is 47.6 Å². The zero-order valence-electron chi connectivity index (χ0n) is 11.8. The molecule has 1 atom stereocenters. The second-order valence-electron chi connectivity index (χ2n) is 4.74. The van der Waals surface area contributed by atoms with Crippen molar-refractivity contribution in [3.05, 3.63) is 41.2 Å². The quantitative estimate of drug-likeness (QED) is 0.852. The summed E-state index contributed by atoms with van der Waals surface area (Å²) < 4.78 is 1.94. The van der Waals surface area contributed by atoms with Crippen LogP contribution < -0.4 is 5.32 Å². The molecular formula is C14H20N4S. The summed E-state index contributed by atoms with van der Waals surface area (Å²) in [6.07, 6.45) is 1.73. The van der Waals surface area contributed by atoms with Crippen molar-refractivity contribution in [2.45, 2.75) is 25.0 Å². The number of aromatic nitrogens is 3. The van der Waals surface area contributed by atoms with Gasteiger partial charge in [-0.1, -0.05) is 35.5 Å². The monoisotopic (exact) mass is 276 g/mol. The summed E-state index contributed by atoms with van der Waals surface area (Å²) in [5, 5.41) is 12.3. The molecule has 2 rings (SSSR count). The van der Waals surface area contributed by atoms with Crippen molar-refractivity contribution in [2.24, 2.45) is 7.05 Å². The lowest BCUT2D eigenvalue weighted by Gasteiger charge is -2.18. The Balaban J connectivity index is 2.12. The molecule has 19 heavy (non-hydrogen) atoms. The number of nitrogens with one attached hydrogen (secondary N) is 1. The Kier molecular flexibility index (Phi) is 4.61. The van der Waals surface area contributed by atoms with Crippen LogP contribution in [0.15, 0.2) is 29.7 Å². The molecule has 0 aliphatic rings. The van der Waals surface area contributed by atoms with E-state index in [0.29, 0.717) is 6.04 Å². The molecule has 1 heterocycles. The fourth-order valence-corrected chi connectivity index (χ4v) is 3.04. The second-order valence-corrected chi connectivity index (χ2v) is 5.72. The third-order valence-corrected chi connectivity index (χ3v) is 4.34. The summed E-state index contributed by atoms with van der Waals surface area (Å²) >= 11 is 1.72. The number of aryl methyl sites for hydroxylation is 3. The van der Waals surface area contributed by atoms with Gasteiger partial charge in [0.2, 0.25) is 0 Å². The molecule has 0 bridgehead atoms. The summed E-state index contributed by atoms with van der Waals surface area (Å²) in [5.41, 5.74) is 3.98. The maximum absolute atomic E-state index is 4.10. The lowest BCUT2D eigenvalue weighted by atomic mass is 10.0. The molecule has 0 saturated carbocycles. The molecule has 1 unspecified atom stereocenters. The average Bonchev–Trinajstić information content (AvgIpc) is 2.80. The van der Waals surface area contributed by atoms with Crippen LogP contribution in [0, 0.1) is 13.8 Å². The predicted molar refractivity (Wildman–Crippen MR) is 79.4 cm³/mol. The Labute approximate surface area is 118 Å². The Morgan fingerprint density at radius 1 is 1.37 bits per heavy atom. The highest BCUT2D eigenvalue weighted by atomic mass is 32.2. The topological polar surface area (TPSA) is 42.7 Å². The van der Waals surface area contributed by atoms with Crippen molar-refractivity contribution in [1.29, 1.82) is 0 Å². The van der Waals surface area contributed by atoms with Gasteiger partial charge in [0.15, 0.2) is 5.16 Å². The van der Waals surface area contributed by atoms with Crippen molar-refractivity contribution >= 4 is 11.8 Å². The molecule has 5 heteroatoms. The van der Waals surface area contributed by atoms with Gasteiger partial charge in [0.25, 0.3) is 0 Å². The average molecular weight is 276 g/mol. The standard InChI is InChI=1S/C14H20N4S/c1-10-5-6-11(2)12(7-10)13(15-3)8-19-14-17-16-9-18(14)4/h5-7,9,13,15H,8H2,1-4H3. The van der Waals surface area contributed by atoms with Gasteiger partial charge in [-0.15, -0.1) is 10.2 Å². The number of thioether (sulfide) groups is 1. The first-order chi connectivity index (χ1) is 9.11. The number of rotatable bonds is 5. The molecule has 1 aromatic heterocycles. The molecule has 0 radical (unpaired) electrons. The highest BCUT2D eigenvalue weighted by molar-refractivity contribution is 7.99. The summed E-state index contributed by atoms with van der Waals surface area (Å²) in [6, 6.07) is 6.92. The van der Waals surface area contributed by atoms with Crippen molar-refractivity contribution in [3.8, 4) is 0 Å². The summed E-state index contributed by atoms with van der Waals surface area (Å²) in [5.74, 6) is 0.938. The Hall–Kier alpha value is -1.33. The van der Waals surface area contributed by atoms with Gasteiger partial charge in [0.05, 0.1) is 0 Å². The number of benzene rings is 1. The number of hydrogen-bond donors (Lipinski definition) is 1. The summed E-state index contributed by atoms with van der Waals surface area (Å²) in [6.45, 7) is 4.29. The van der Waals surface area contributed by atoms with Gasteiger partial charge in [-0.2, -0.15) is 0 Å². The maximum atomic E-state index is 4.10. The summed E-state index contributed by atoms with van der Waals surface area (Å²) in [7, 11) is 3.97. The molecule has 4 nitrogen and oxygen atoms in total. The zero-order valence-corrected chi connectivity index (χ0v) is 12.7. The summed E-state index contributed by atoms with van der Waals surface area (Å²) in [4.78, 5) is 0. The van der Waals surface area contributed by atoms with E-state index >= 15 is 0 Å². The van der Waals surface area contributed by atoms with Crippen molar-refractivity contribution in [1.82, 2.24) is 20.1 Å². The van der Waals surface area contributed by atoms with Gasteiger partial charge in [0, 0.05) is 18.8 Å². The van der Waals surface area contributed by atoms with Crippen LogP contribution in [-0.4, -0.2) is 27.6 Å². The van der Waals surface area contributed by atoms with Crippen molar-refractivity contribution < 1.29 is 0 Å². The van der Waals surface area contributed by atoms with Crippen molar-refractivity contribution in [2.75, 3.05) is 12.8 Å². The Morgan fingerprint density at radius 2 is 2.16 bits per heavy atom. The van der Waals surface area contributed by atoms with Crippen LogP contribution in [0.2, 0.25) is 0 Å². The van der Waals surface area contributed by atoms with E-state index in [1.165, 1.54) is 16.7 Å². The van der Waals surface area contributed by atoms with Crippen molar-refractivity contribution in [3.63, 3.8) is 0 Å². The van der Waals surface area contributed by atoms with E-state index in [9.17, 15) is 0 Å². The Bertz CT molecular complexity index is 550. The number of nitrogens with zero attached hydrogens (tertiary/aromatic N) is 3. The molecule has 0 saturated heterocycles. The fraction of sp³-hybridized carbons (Fsp3) is 0.429. The second kappa shape index (κ2) is 6.21. The number of hydrogen-bond acceptors (Lipinski definition) is 4. The van der Waals surface area contributed by atoms with E-state index < -0.39 is 0 Å². The highest BCUT2D eigenvalue weighted by Crippen LogP contribution is 2.25. The van der Waals surface area contributed by atoms with E-state index in [1.807, 2.05) is 18.7 Å². The van der Waals surface area contributed by atoms with Gasteiger partial charge in [-0.3, -0.25) is 0 Å². The van der Waals surface area contributed by atoms with E-state index in [1.54, 1.807) is 18.1 Å². The van der Waals surface area contributed by atoms with E-state index in [-0.39, 0.29) is 0 Å². The fourth-order valence-electron chi connectivity index (χ4n) is 2.03. The lowest BCUT2D eigenvalue weighted by molar-refractivity contribution is 0.655. The van der Waals surface area contributed by atoms with Gasteiger partial charge in [0.1, 0.15) is 6.33 Å². The third-order valence-electron chi connectivity index (χ3n) is 3.21. The van der Waals surface area contributed by atoms with Crippen LogP contribution in [0.4, 0.5) is 0 Å². The lowest BCUT2D eigenvalue weighted by Crippen LogP contribution is -2.20. The smallest absolute Gasteiger partial charge is 0.190 e. The first kappa shape index (κ1) is 14.1. The first-order valence-corrected chi connectivity index (χ1v) is 7.31. The van der Waals surface area contributed by atoms with Gasteiger partial charge >= 0.3 is 0 Å². The predicted octanol–water partition coefficient (Wildman–Crippen LogP) is 2.48.